The number of aryl methyl sites for hydroxylation is 1. The Hall–Kier alpha value is -2.34. The van der Waals surface area contributed by atoms with Crippen molar-refractivity contribution in [3.05, 3.63) is 42.5 Å². The summed E-state index contributed by atoms with van der Waals surface area (Å²) in [4.78, 5) is 16.4. The Labute approximate surface area is 147 Å². The van der Waals surface area contributed by atoms with Gasteiger partial charge in [0, 0.05) is 25.1 Å². The zero-order valence-corrected chi connectivity index (χ0v) is 14.6. The molecule has 0 radical (unpaired) electrons. The average molecular weight is 343 g/mol. The third-order valence-electron chi connectivity index (χ3n) is 4.70. The number of ether oxygens (including phenoxy) is 1. The van der Waals surface area contributed by atoms with E-state index in [1.165, 1.54) is 0 Å². The number of anilines is 1. The molecule has 0 bridgehead atoms. The molecule has 1 saturated carbocycles. The highest BCUT2D eigenvalue weighted by Crippen LogP contribution is 2.31. The molecular weight excluding hydrogens is 318 g/mol. The largest absolute Gasteiger partial charge is 0.486 e. The number of carbonyl (C=O) groups excluding carboxylic acids is 1. The van der Waals surface area contributed by atoms with E-state index in [0.717, 1.165) is 25.1 Å². The van der Waals surface area contributed by atoms with Crippen LogP contribution in [-0.4, -0.2) is 26.2 Å². The second kappa shape index (κ2) is 7.70. The first-order valence-corrected chi connectivity index (χ1v) is 8.75. The summed E-state index contributed by atoms with van der Waals surface area (Å²) in [6.07, 6.45) is 8.31. The summed E-state index contributed by atoms with van der Waals surface area (Å²) in [5, 5.41) is 13.3. The summed E-state index contributed by atoms with van der Waals surface area (Å²) in [7, 11) is 1.92. The number of aliphatic hydroxyl groups is 1. The molecule has 6 heteroatoms. The number of imidazole rings is 1. The van der Waals surface area contributed by atoms with Gasteiger partial charge in [0.05, 0.1) is 12.0 Å². The maximum atomic E-state index is 12.2. The summed E-state index contributed by atoms with van der Waals surface area (Å²) in [6, 6.07) is 7.23. The fourth-order valence-corrected chi connectivity index (χ4v) is 3.21. The number of carbonyl (C=O) groups is 1. The van der Waals surface area contributed by atoms with Crippen molar-refractivity contribution in [2.45, 2.75) is 50.7 Å². The van der Waals surface area contributed by atoms with Gasteiger partial charge in [-0.1, -0.05) is 19.3 Å². The van der Waals surface area contributed by atoms with Crippen molar-refractivity contribution in [3.63, 3.8) is 0 Å². The molecule has 2 aromatic rings. The zero-order chi connectivity index (χ0) is 17.7. The molecule has 1 aromatic carbocycles. The second-order valence-corrected chi connectivity index (χ2v) is 6.78. The first kappa shape index (κ1) is 17.5. The number of nitrogens with zero attached hydrogens (tertiary/aromatic N) is 2. The Morgan fingerprint density at radius 1 is 1.28 bits per heavy atom. The number of nitrogens with one attached hydrogen (secondary N) is 1. The van der Waals surface area contributed by atoms with E-state index in [0.29, 0.717) is 30.9 Å². The highest BCUT2D eigenvalue weighted by molar-refractivity contribution is 5.91. The lowest BCUT2D eigenvalue weighted by Gasteiger charge is -2.31. The topological polar surface area (TPSA) is 76.4 Å². The van der Waals surface area contributed by atoms with Gasteiger partial charge in [0.2, 0.25) is 5.91 Å². The molecule has 1 fully saturated rings. The van der Waals surface area contributed by atoms with Gasteiger partial charge in [0.25, 0.3) is 0 Å². The summed E-state index contributed by atoms with van der Waals surface area (Å²) in [5.74, 6) is 1.41. The van der Waals surface area contributed by atoms with Crippen molar-refractivity contribution in [1.82, 2.24) is 9.55 Å². The summed E-state index contributed by atoms with van der Waals surface area (Å²) < 4.78 is 7.60. The summed E-state index contributed by atoms with van der Waals surface area (Å²) in [5.41, 5.74) is -0.137. The quantitative estimate of drug-likeness (QED) is 0.845. The Bertz CT molecular complexity index is 703. The molecule has 2 N–H and O–H groups in total. The molecule has 0 saturated heterocycles. The van der Waals surface area contributed by atoms with Crippen LogP contribution in [0.5, 0.6) is 5.75 Å². The van der Waals surface area contributed by atoms with Crippen LogP contribution in [0.25, 0.3) is 0 Å². The highest BCUT2D eigenvalue weighted by Gasteiger charge is 2.31. The smallest absolute Gasteiger partial charge is 0.227 e. The van der Waals surface area contributed by atoms with E-state index in [4.69, 9.17) is 4.74 Å². The number of benzene rings is 1. The molecular formula is C19H25N3O3. The van der Waals surface area contributed by atoms with Crippen molar-refractivity contribution in [2.75, 3.05) is 5.32 Å². The van der Waals surface area contributed by atoms with Crippen LogP contribution in [0.1, 0.15) is 44.3 Å². The normalized spacial score (nSPS) is 16.4. The molecule has 0 atom stereocenters. The monoisotopic (exact) mass is 343 g/mol. The Balaban J connectivity index is 1.50. The predicted octanol–water partition coefficient (Wildman–Crippen LogP) is 3.02. The van der Waals surface area contributed by atoms with E-state index in [9.17, 15) is 9.90 Å². The zero-order valence-electron chi connectivity index (χ0n) is 14.6. The number of amides is 1. The Morgan fingerprint density at radius 2 is 2.00 bits per heavy atom. The van der Waals surface area contributed by atoms with Gasteiger partial charge in [-0.2, -0.15) is 0 Å². The highest BCUT2D eigenvalue weighted by atomic mass is 16.5. The Kier molecular flexibility index (Phi) is 5.38. The van der Waals surface area contributed by atoms with Gasteiger partial charge >= 0.3 is 0 Å². The maximum absolute atomic E-state index is 12.2. The molecule has 0 aliphatic heterocycles. The van der Waals surface area contributed by atoms with Crippen LogP contribution >= 0.6 is 0 Å². The lowest BCUT2D eigenvalue weighted by molar-refractivity contribution is -0.122. The lowest BCUT2D eigenvalue weighted by Crippen LogP contribution is -2.35. The number of hydrogen-bond acceptors (Lipinski definition) is 4. The lowest BCUT2D eigenvalue weighted by atomic mass is 9.82. The number of hydrogen-bond donors (Lipinski definition) is 2. The SMILES string of the molecule is Cn1ccnc1COc1ccc(NC(=O)CC2(O)CCCCC2)cc1. The van der Waals surface area contributed by atoms with Crippen LogP contribution in [0.15, 0.2) is 36.7 Å². The first-order valence-electron chi connectivity index (χ1n) is 8.75. The second-order valence-electron chi connectivity index (χ2n) is 6.78. The van der Waals surface area contributed by atoms with Crippen LogP contribution in [0.4, 0.5) is 5.69 Å². The van der Waals surface area contributed by atoms with Crippen LogP contribution in [0.2, 0.25) is 0 Å². The molecule has 6 nitrogen and oxygen atoms in total. The molecule has 25 heavy (non-hydrogen) atoms. The third kappa shape index (κ3) is 4.82. The van der Waals surface area contributed by atoms with Gasteiger partial charge in [0.1, 0.15) is 18.2 Å². The molecule has 1 heterocycles. The fourth-order valence-electron chi connectivity index (χ4n) is 3.21. The minimum absolute atomic E-state index is 0.147. The van der Waals surface area contributed by atoms with E-state index in [2.05, 4.69) is 10.3 Å². The minimum atomic E-state index is -0.840. The summed E-state index contributed by atoms with van der Waals surface area (Å²) in [6.45, 7) is 0.391. The van der Waals surface area contributed by atoms with Crippen molar-refractivity contribution >= 4 is 11.6 Å². The van der Waals surface area contributed by atoms with Gasteiger partial charge in [-0.3, -0.25) is 4.79 Å². The van der Waals surface area contributed by atoms with E-state index in [-0.39, 0.29) is 12.3 Å². The van der Waals surface area contributed by atoms with Crippen LogP contribution in [0, 0.1) is 0 Å². The molecule has 0 unspecified atom stereocenters. The van der Waals surface area contributed by atoms with E-state index in [1.807, 2.05) is 29.9 Å². The van der Waals surface area contributed by atoms with E-state index in [1.54, 1.807) is 18.3 Å². The van der Waals surface area contributed by atoms with Crippen molar-refractivity contribution in [2.24, 2.45) is 7.05 Å². The van der Waals surface area contributed by atoms with Crippen LogP contribution < -0.4 is 10.1 Å². The standard InChI is InChI=1S/C19H25N3O3/c1-22-12-11-20-17(22)14-25-16-7-5-15(6-8-16)21-18(23)13-19(24)9-3-2-4-10-19/h5-8,11-12,24H,2-4,9-10,13-14H2,1H3,(H,21,23). The fraction of sp³-hybridized carbons (Fsp3) is 0.474. The third-order valence-corrected chi connectivity index (χ3v) is 4.70. The van der Waals surface area contributed by atoms with Gasteiger partial charge in [-0.05, 0) is 37.1 Å². The van der Waals surface area contributed by atoms with Crippen molar-refractivity contribution < 1.29 is 14.6 Å². The van der Waals surface area contributed by atoms with Crippen LogP contribution in [0.3, 0.4) is 0 Å². The molecule has 0 spiro atoms. The van der Waals surface area contributed by atoms with Gasteiger partial charge in [-0.25, -0.2) is 4.98 Å². The number of rotatable bonds is 6. The van der Waals surface area contributed by atoms with Gasteiger partial charge in [0.15, 0.2) is 0 Å². The molecule has 3 rings (SSSR count). The predicted molar refractivity (Wildman–Crippen MR) is 95.3 cm³/mol. The number of aromatic nitrogens is 2. The van der Waals surface area contributed by atoms with Crippen molar-refractivity contribution in [3.8, 4) is 5.75 Å². The molecule has 1 aliphatic rings. The molecule has 134 valence electrons. The summed E-state index contributed by atoms with van der Waals surface area (Å²) >= 11 is 0. The van der Waals surface area contributed by atoms with Gasteiger partial charge in [-0.15, -0.1) is 0 Å². The molecule has 1 amide bonds. The van der Waals surface area contributed by atoms with Gasteiger partial charge < -0.3 is 19.7 Å². The minimum Gasteiger partial charge on any atom is -0.486 e. The van der Waals surface area contributed by atoms with Crippen molar-refractivity contribution in [1.29, 1.82) is 0 Å². The molecule has 1 aromatic heterocycles. The van der Waals surface area contributed by atoms with Crippen LogP contribution in [-0.2, 0) is 18.4 Å². The first-order chi connectivity index (χ1) is 12.0. The molecule has 1 aliphatic carbocycles. The van der Waals surface area contributed by atoms with E-state index >= 15 is 0 Å². The average Bonchev–Trinajstić information content (AvgIpc) is 2.99. The Morgan fingerprint density at radius 3 is 2.64 bits per heavy atom. The maximum Gasteiger partial charge on any atom is 0.227 e. The van der Waals surface area contributed by atoms with E-state index < -0.39 is 5.60 Å².